The number of benzene rings is 2. The number of ether oxygens (including phenoxy) is 2. The molecule has 0 unspecified atom stereocenters. The van der Waals surface area contributed by atoms with Crippen LogP contribution >= 0.6 is 0 Å². The lowest BCUT2D eigenvalue weighted by Crippen LogP contribution is -2.53. The van der Waals surface area contributed by atoms with Crippen molar-refractivity contribution in [3.8, 4) is 5.75 Å². The molecule has 2 aromatic rings. The summed E-state index contributed by atoms with van der Waals surface area (Å²) < 4.78 is 39.3. The summed E-state index contributed by atoms with van der Waals surface area (Å²) in [6, 6.07) is 7.58. The molecule has 36 heavy (non-hydrogen) atoms. The number of amides is 3. The number of hydrogen-bond donors (Lipinski definition) is 2. The second-order valence-corrected chi connectivity index (χ2v) is 9.52. The quantitative estimate of drug-likeness (QED) is 0.654. The first kappa shape index (κ1) is 24.2. The smallest absolute Gasteiger partial charge is 0.257 e. The Labute approximate surface area is 206 Å². The van der Waals surface area contributed by atoms with Crippen LogP contribution in [0.2, 0.25) is 0 Å². The molecule has 0 bridgehead atoms. The molecule has 1 saturated carbocycles. The van der Waals surface area contributed by atoms with E-state index < -0.39 is 29.7 Å². The van der Waals surface area contributed by atoms with Crippen LogP contribution in [0, 0.1) is 17.6 Å². The molecule has 0 aromatic heterocycles. The van der Waals surface area contributed by atoms with Gasteiger partial charge in [-0.15, -0.1) is 0 Å². The summed E-state index contributed by atoms with van der Waals surface area (Å²) in [5.41, 5.74) is 0.689. The Morgan fingerprint density at radius 1 is 1.06 bits per heavy atom. The average molecular weight is 500 g/mol. The number of nitrogens with zero attached hydrogens (tertiary/aromatic N) is 1. The van der Waals surface area contributed by atoms with Crippen LogP contribution in [0.1, 0.15) is 42.5 Å². The Morgan fingerprint density at radius 3 is 2.64 bits per heavy atom. The Morgan fingerprint density at radius 2 is 1.86 bits per heavy atom. The molecule has 3 atom stereocenters. The predicted octanol–water partition coefficient (Wildman–Crippen LogP) is 3.72. The third-order valence-corrected chi connectivity index (χ3v) is 6.84. The minimum atomic E-state index is -0.725. The van der Waals surface area contributed by atoms with E-state index in [9.17, 15) is 23.2 Å². The lowest BCUT2D eigenvalue weighted by Gasteiger charge is -2.42. The lowest BCUT2D eigenvalue weighted by atomic mass is 9.94. The Bertz CT molecular complexity index is 1200. The van der Waals surface area contributed by atoms with Crippen molar-refractivity contribution < 1.29 is 32.6 Å². The molecule has 2 N–H and O–H groups in total. The van der Waals surface area contributed by atoms with Gasteiger partial charge in [0.1, 0.15) is 30.1 Å². The number of rotatable bonds is 5. The van der Waals surface area contributed by atoms with E-state index in [0.717, 1.165) is 31.0 Å². The molecule has 0 radical (unpaired) electrons. The van der Waals surface area contributed by atoms with Crippen LogP contribution in [-0.4, -0.2) is 54.5 Å². The van der Waals surface area contributed by atoms with Gasteiger partial charge < -0.3 is 25.0 Å². The van der Waals surface area contributed by atoms with Gasteiger partial charge in [-0.1, -0.05) is 0 Å². The number of carbonyl (C=O) groups excluding carboxylic acids is 3. The van der Waals surface area contributed by atoms with Crippen molar-refractivity contribution in [2.24, 2.45) is 5.92 Å². The largest absolute Gasteiger partial charge is 0.490 e. The third kappa shape index (κ3) is 5.18. The van der Waals surface area contributed by atoms with Crippen LogP contribution < -0.4 is 15.4 Å². The van der Waals surface area contributed by atoms with Crippen LogP contribution in [0.4, 0.5) is 20.2 Å². The number of nitrogens with one attached hydrogen (secondary N) is 2. The molecule has 0 spiro atoms. The number of carbonyl (C=O) groups is 3. The molecule has 2 fully saturated rings. The highest BCUT2D eigenvalue weighted by Gasteiger charge is 2.39. The van der Waals surface area contributed by atoms with E-state index in [-0.39, 0.29) is 42.5 Å². The average Bonchev–Trinajstić information content (AvgIpc) is 3.70. The zero-order valence-electron chi connectivity index (χ0n) is 19.8. The number of halogens is 2. The monoisotopic (exact) mass is 499 g/mol. The number of fused-ring (bicyclic) bond motifs is 2. The van der Waals surface area contributed by atoms with Gasteiger partial charge in [-0.05, 0) is 56.0 Å². The summed E-state index contributed by atoms with van der Waals surface area (Å²) in [5, 5.41) is 5.25. The first-order valence-electron chi connectivity index (χ1n) is 12.0. The van der Waals surface area contributed by atoms with Gasteiger partial charge in [0.2, 0.25) is 11.8 Å². The van der Waals surface area contributed by atoms with Gasteiger partial charge >= 0.3 is 0 Å². The van der Waals surface area contributed by atoms with E-state index >= 15 is 0 Å². The molecular formula is C26H27F2N3O5. The number of hydrogen-bond acceptors (Lipinski definition) is 5. The predicted molar refractivity (Wildman–Crippen MR) is 127 cm³/mol. The SMILES string of the molecule is CN1C(=O)c2cc(NC(=O)C3CC3)ccc2OC[C@H]2O[C@@H](CC(=O)Nc3cc(F)ccc3F)CC[C@@H]21. The molecule has 1 aliphatic carbocycles. The Balaban J connectivity index is 1.24. The van der Waals surface area contributed by atoms with E-state index in [1.165, 1.54) is 0 Å². The van der Waals surface area contributed by atoms with Gasteiger partial charge in [-0.25, -0.2) is 8.78 Å². The highest BCUT2D eigenvalue weighted by atomic mass is 19.1. The molecule has 10 heteroatoms. The molecule has 3 amide bonds. The van der Waals surface area contributed by atoms with Gasteiger partial charge in [0.15, 0.2) is 0 Å². The van der Waals surface area contributed by atoms with Gasteiger partial charge in [-0.2, -0.15) is 0 Å². The Kier molecular flexibility index (Phi) is 6.61. The summed E-state index contributed by atoms with van der Waals surface area (Å²) in [5.74, 6) is -1.73. The highest BCUT2D eigenvalue weighted by Crippen LogP contribution is 2.34. The number of anilines is 2. The fraction of sp³-hybridized carbons (Fsp3) is 0.423. The molecule has 2 heterocycles. The normalized spacial score (nSPS) is 23.5. The standard InChI is InChI=1S/C26H27F2N3O5/c1-31-21-8-6-17(12-24(32)30-20-10-15(27)4-7-19(20)28)36-23(21)13-35-22-9-5-16(11-18(22)26(31)34)29-25(33)14-2-3-14/h4-5,7,9-11,14,17,21,23H,2-3,6,8,12-13H2,1H3,(H,29,33)(H,30,32)/t17-,21+,23-/m1/s1. The molecule has 5 rings (SSSR count). The fourth-order valence-corrected chi connectivity index (χ4v) is 4.70. The van der Waals surface area contributed by atoms with Crippen molar-refractivity contribution in [3.05, 3.63) is 53.6 Å². The minimum absolute atomic E-state index is 0.0431. The summed E-state index contributed by atoms with van der Waals surface area (Å²) in [6.45, 7) is 0.166. The zero-order chi connectivity index (χ0) is 25.4. The van der Waals surface area contributed by atoms with Crippen LogP contribution in [0.25, 0.3) is 0 Å². The van der Waals surface area contributed by atoms with Crippen LogP contribution in [0.5, 0.6) is 5.75 Å². The molecule has 2 aromatic carbocycles. The summed E-state index contributed by atoms with van der Waals surface area (Å²) >= 11 is 0. The maximum absolute atomic E-state index is 13.9. The fourth-order valence-electron chi connectivity index (χ4n) is 4.70. The van der Waals surface area contributed by atoms with Gasteiger partial charge in [0, 0.05) is 24.7 Å². The molecule has 1 saturated heterocycles. The van der Waals surface area contributed by atoms with Crippen molar-refractivity contribution >= 4 is 29.1 Å². The summed E-state index contributed by atoms with van der Waals surface area (Å²) in [4.78, 5) is 39.5. The lowest BCUT2D eigenvalue weighted by molar-refractivity contribution is -0.130. The van der Waals surface area contributed by atoms with Gasteiger partial charge in [0.25, 0.3) is 5.91 Å². The maximum atomic E-state index is 13.9. The van der Waals surface area contributed by atoms with Crippen molar-refractivity contribution in [1.82, 2.24) is 4.90 Å². The van der Waals surface area contributed by atoms with Crippen LogP contribution in [-0.2, 0) is 14.3 Å². The van der Waals surface area contributed by atoms with E-state index in [1.807, 2.05) is 0 Å². The molecular weight excluding hydrogens is 472 g/mol. The van der Waals surface area contributed by atoms with Gasteiger partial charge in [-0.3, -0.25) is 14.4 Å². The number of likely N-dealkylation sites (N-methyl/N-ethyl adjacent to an activating group) is 1. The van der Waals surface area contributed by atoms with E-state index in [4.69, 9.17) is 9.47 Å². The first-order valence-corrected chi connectivity index (χ1v) is 12.0. The third-order valence-electron chi connectivity index (χ3n) is 6.84. The topological polar surface area (TPSA) is 97.0 Å². The van der Waals surface area contributed by atoms with E-state index in [2.05, 4.69) is 10.6 Å². The van der Waals surface area contributed by atoms with Gasteiger partial charge in [0.05, 0.1) is 29.8 Å². The van der Waals surface area contributed by atoms with E-state index in [0.29, 0.717) is 29.8 Å². The molecule has 3 aliphatic rings. The van der Waals surface area contributed by atoms with Crippen molar-refractivity contribution in [1.29, 1.82) is 0 Å². The second-order valence-electron chi connectivity index (χ2n) is 9.52. The first-order chi connectivity index (χ1) is 17.3. The molecule has 2 aliphatic heterocycles. The molecule has 8 nitrogen and oxygen atoms in total. The zero-order valence-corrected chi connectivity index (χ0v) is 19.8. The van der Waals surface area contributed by atoms with Crippen LogP contribution in [0.3, 0.4) is 0 Å². The Hall–Kier alpha value is -3.53. The van der Waals surface area contributed by atoms with E-state index in [1.54, 1.807) is 30.1 Å². The van der Waals surface area contributed by atoms with Crippen molar-refractivity contribution in [2.45, 2.75) is 50.4 Å². The minimum Gasteiger partial charge on any atom is -0.490 e. The second kappa shape index (κ2) is 9.85. The maximum Gasteiger partial charge on any atom is 0.257 e. The van der Waals surface area contributed by atoms with Crippen LogP contribution in [0.15, 0.2) is 36.4 Å². The van der Waals surface area contributed by atoms with Crippen molar-refractivity contribution in [3.63, 3.8) is 0 Å². The highest BCUT2D eigenvalue weighted by molar-refractivity contribution is 6.00. The summed E-state index contributed by atoms with van der Waals surface area (Å²) in [6.07, 6.45) is 1.87. The van der Waals surface area contributed by atoms with Crippen molar-refractivity contribution in [2.75, 3.05) is 24.3 Å². The summed E-state index contributed by atoms with van der Waals surface area (Å²) in [7, 11) is 1.70. The molecule has 190 valence electrons.